The van der Waals surface area contributed by atoms with E-state index >= 15 is 0 Å². The highest BCUT2D eigenvalue weighted by Gasteiger charge is 2.20. The molecule has 2 N–H and O–H groups in total. The van der Waals surface area contributed by atoms with Gasteiger partial charge in [0.15, 0.2) is 5.82 Å². The molecule has 2 rings (SSSR count). The van der Waals surface area contributed by atoms with Crippen LogP contribution in [-0.4, -0.2) is 17.1 Å². The maximum absolute atomic E-state index is 5.99. The maximum atomic E-state index is 5.99. The van der Waals surface area contributed by atoms with Gasteiger partial charge < -0.3 is 10.5 Å². The Morgan fingerprint density at radius 1 is 1.60 bits per heavy atom. The zero-order chi connectivity index (χ0) is 10.8. The van der Waals surface area contributed by atoms with Crippen LogP contribution in [0, 0.1) is 0 Å². The van der Waals surface area contributed by atoms with Gasteiger partial charge in [-0.3, -0.25) is 0 Å². The summed E-state index contributed by atoms with van der Waals surface area (Å²) in [7, 11) is 1.67. The van der Waals surface area contributed by atoms with E-state index in [4.69, 9.17) is 10.5 Å². The molecule has 82 valence electrons. The first kappa shape index (κ1) is 10.5. The second kappa shape index (κ2) is 4.24. The van der Waals surface area contributed by atoms with E-state index in [-0.39, 0.29) is 12.1 Å². The lowest BCUT2D eigenvalue weighted by Crippen LogP contribution is -2.20. The zero-order valence-electron chi connectivity index (χ0n) is 9.23. The van der Waals surface area contributed by atoms with Crippen LogP contribution >= 0.6 is 0 Å². The Kier molecular flexibility index (Phi) is 2.98. The lowest BCUT2D eigenvalue weighted by Gasteiger charge is -2.21. The van der Waals surface area contributed by atoms with E-state index in [9.17, 15) is 0 Å². The number of fused-ring (bicyclic) bond motifs is 1. The number of nitrogens with two attached hydrogens (primary N) is 1. The summed E-state index contributed by atoms with van der Waals surface area (Å²) in [6.45, 7) is 1.95. The minimum Gasteiger partial charge on any atom is -0.374 e. The Balaban J connectivity index is 2.33. The Morgan fingerprint density at radius 3 is 3.13 bits per heavy atom. The van der Waals surface area contributed by atoms with E-state index in [2.05, 4.69) is 9.97 Å². The Labute approximate surface area is 89.9 Å². The summed E-state index contributed by atoms with van der Waals surface area (Å²) in [5, 5.41) is 0. The standard InChI is InChI=1S/C11H17N3O/c1-7(15-2)11-13-6-8-9(12)4-3-5-10(8)14-11/h6-7,9H,3-5,12H2,1-2H3. The SMILES string of the molecule is COC(C)c1ncc2c(n1)CCCC2N. The van der Waals surface area contributed by atoms with Crippen molar-refractivity contribution >= 4 is 0 Å². The molecule has 1 aliphatic carbocycles. The van der Waals surface area contributed by atoms with Crippen molar-refractivity contribution in [1.82, 2.24) is 9.97 Å². The van der Waals surface area contributed by atoms with Crippen molar-refractivity contribution in [3.63, 3.8) is 0 Å². The van der Waals surface area contributed by atoms with Crippen molar-refractivity contribution in [2.45, 2.75) is 38.3 Å². The molecule has 0 bridgehead atoms. The van der Waals surface area contributed by atoms with Gasteiger partial charge in [0, 0.05) is 30.6 Å². The molecule has 0 spiro atoms. The molecular weight excluding hydrogens is 190 g/mol. The van der Waals surface area contributed by atoms with Crippen molar-refractivity contribution < 1.29 is 4.74 Å². The topological polar surface area (TPSA) is 61.0 Å². The number of rotatable bonds is 2. The molecule has 1 aliphatic rings. The average Bonchev–Trinajstić information content (AvgIpc) is 2.28. The van der Waals surface area contributed by atoms with Crippen LogP contribution in [-0.2, 0) is 11.2 Å². The number of hydrogen-bond donors (Lipinski definition) is 1. The molecule has 0 aromatic carbocycles. The monoisotopic (exact) mass is 207 g/mol. The van der Waals surface area contributed by atoms with Crippen molar-refractivity contribution in [3.8, 4) is 0 Å². The van der Waals surface area contributed by atoms with E-state index in [1.807, 2.05) is 13.1 Å². The quantitative estimate of drug-likeness (QED) is 0.798. The number of ether oxygens (including phenoxy) is 1. The average molecular weight is 207 g/mol. The first-order valence-electron chi connectivity index (χ1n) is 5.36. The molecule has 1 heterocycles. The summed E-state index contributed by atoms with van der Waals surface area (Å²) < 4.78 is 5.20. The van der Waals surface area contributed by atoms with Crippen LogP contribution in [0.4, 0.5) is 0 Å². The van der Waals surface area contributed by atoms with Crippen LogP contribution in [0.1, 0.15) is 49.0 Å². The van der Waals surface area contributed by atoms with Crippen molar-refractivity contribution in [1.29, 1.82) is 0 Å². The normalized spacial score (nSPS) is 22.2. The second-order valence-corrected chi connectivity index (χ2v) is 4.01. The van der Waals surface area contributed by atoms with Crippen LogP contribution in [0.3, 0.4) is 0 Å². The van der Waals surface area contributed by atoms with E-state index in [0.29, 0.717) is 0 Å². The molecule has 0 amide bonds. The molecule has 0 fully saturated rings. The number of nitrogens with zero attached hydrogens (tertiary/aromatic N) is 2. The minimum absolute atomic E-state index is 0.0477. The minimum atomic E-state index is -0.0477. The summed E-state index contributed by atoms with van der Waals surface area (Å²) in [6.07, 6.45) is 4.97. The summed E-state index contributed by atoms with van der Waals surface area (Å²) in [6, 6.07) is 0.112. The summed E-state index contributed by atoms with van der Waals surface area (Å²) in [5.41, 5.74) is 8.20. The van der Waals surface area contributed by atoms with E-state index < -0.39 is 0 Å². The van der Waals surface area contributed by atoms with E-state index in [1.165, 1.54) is 0 Å². The Bertz CT molecular complexity index is 354. The molecule has 15 heavy (non-hydrogen) atoms. The molecule has 0 radical (unpaired) electrons. The third-order valence-electron chi connectivity index (χ3n) is 2.96. The Morgan fingerprint density at radius 2 is 2.40 bits per heavy atom. The van der Waals surface area contributed by atoms with Gasteiger partial charge in [0.05, 0.1) is 0 Å². The molecule has 2 atom stereocenters. The molecule has 4 nitrogen and oxygen atoms in total. The molecule has 4 heteroatoms. The zero-order valence-corrected chi connectivity index (χ0v) is 9.23. The summed E-state index contributed by atoms with van der Waals surface area (Å²) in [4.78, 5) is 8.82. The predicted molar refractivity (Wildman–Crippen MR) is 57.3 cm³/mol. The molecule has 2 unspecified atom stereocenters. The van der Waals surface area contributed by atoms with Gasteiger partial charge in [0.1, 0.15) is 6.10 Å². The van der Waals surface area contributed by atoms with Gasteiger partial charge in [0.25, 0.3) is 0 Å². The van der Waals surface area contributed by atoms with E-state index in [1.54, 1.807) is 7.11 Å². The van der Waals surface area contributed by atoms with Crippen LogP contribution in [0.5, 0.6) is 0 Å². The van der Waals surface area contributed by atoms with Gasteiger partial charge in [0.2, 0.25) is 0 Å². The first-order chi connectivity index (χ1) is 7.22. The lowest BCUT2D eigenvalue weighted by atomic mass is 9.93. The van der Waals surface area contributed by atoms with Crippen LogP contribution in [0.15, 0.2) is 6.20 Å². The fraction of sp³-hybridized carbons (Fsp3) is 0.636. The third-order valence-corrected chi connectivity index (χ3v) is 2.96. The van der Waals surface area contributed by atoms with Gasteiger partial charge in [-0.2, -0.15) is 0 Å². The fourth-order valence-electron chi connectivity index (χ4n) is 1.90. The van der Waals surface area contributed by atoms with Crippen LogP contribution < -0.4 is 5.73 Å². The fourth-order valence-corrected chi connectivity index (χ4v) is 1.90. The van der Waals surface area contributed by atoms with E-state index in [0.717, 1.165) is 36.3 Å². The predicted octanol–water partition coefficient (Wildman–Crippen LogP) is 1.52. The first-order valence-corrected chi connectivity index (χ1v) is 5.36. The van der Waals surface area contributed by atoms with Gasteiger partial charge in [-0.1, -0.05) is 0 Å². The summed E-state index contributed by atoms with van der Waals surface area (Å²) >= 11 is 0. The third kappa shape index (κ3) is 2.01. The number of aryl methyl sites for hydroxylation is 1. The van der Waals surface area contributed by atoms with Gasteiger partial charge in [-0.15, -0.1) is 0 Å². The summed E-state index contributed by atoms with van der Waals surface area (Å²) in [5.74, 6) is 0.755. The number of hydrogen-bond acceptors (Lipinski definition) is 4. The largest absolute Gasteiger partial charge is 0.374 e. The highest BCUT2D eigenvalue weighted by Crippen LogP contribution is 2.26. The highest BCUT2D eigenvalue weighted by atomic mass is 16.5. The van der Waals surface area contributed by atoms with Gasteiger partial charge in [-0.25, -0.2) is 9.97 Å². The van der Waals surface area contributed by atoms with Crippen LogP contribution in [0.25, 0.3) is 0 Å². The van der Waals surface area contributed by atoms with Gasteiger partial charge >= 0.3 is 0 Å². The lowest BCUT2D eigenvalue weighted by molar-refractivity contribution is 0.111. The molecule has 0 aliphatic heterocycles. The smallest absolute Gasteiger partial charge is 0.157 e. The number of methoxy groups -OCH3 is 1. The molecule has 1 aromatic rings. The highest BCUT2D eigenvalue weighted by molar-refractivity contribution is 5.24. The number of aromatic nitrogens is 2. The van der Waals surface area contributed by atoms with Crippen molar-refractivity contribution in [2.75, 3.05) is 7.11 Å². The molecule has 0 saturated heterocycles. The Hall–Kier alpha value is -1.00. The van der Waals surface area contributed by atoms with Gasteiger partial charge in [-0.05, 0) is 26.2 Å². The van der Waals surface area contributed by atoms with Crippen molar-refractivity contribution in [2.24, 2.45) is 5.73 Å². The van der Waals surface area contributed by atoms with Crippen molar-refractivity contribution in [3.05, 3.63) is 23.3 Å². The van der Waals surface area contributed by atoms with Crippen LogP contribution in [0.2, 0.25) is 0 Å². The second-order valence-electron chi connectivity index (χ2n) is 4.01. The molecule has 1 aromatic heterocycles. The molecule has 0 saturated carbocycles. The molecular formula is C11H17N3O. The maximum Gasteiger partial charge on any atom is 0.157 e.